The quantitative estimate of drug-likeness (QED) is 0.924. The predicted octanol–water partition coefficient (Wildman–Crippen LogP) is 2.71. The van der Waals surface area contributed by atoms with Crippen LogP contribution in [-0.2, 0) is 11.2 Å². The first-order valence-electron chi connectivity index (χ1n) is 8.06. The van der Waals surface area contributed by atoms with Gasteiger partial charge in [0, 0.05) is 31.1 Å². The van der Waals surface area contributed by atoms with Crippen molar-refractivity contribution < 1.29 is 4.79 Å². The molecule has 1 heterocycles. The van der Waals surface area contributed by atoms with Gasteiger partial charge in [-0.15, -0.1) is 0 Å². The van der Waals surface area contributed by atoms with Gasteiger partial charge in [-0.25, -0.2) is 0 Å². The fraction of sp³-hybridized carbons (Fsp3) is 0.611. The maximum Gasteiger partial charge on any atom is 0.225 e. The van der Waals surface area contributed by atoms with Crippen molar-refractivity contribution in [3.8, 4) is 0 Å². The van der Waals surface area contributed by atoms with E-state index in [9.17, 15) is 4.79 Å². The molecule has 1 aromatic rings. The highest BCUT2D eigenvalue weighted by Gasteiger charge is 2.33. The average Bonchev–Trinajstić information content (AvgIpc) is 2.47. The molecule has 0 aromatic heterocycles. The summed E-state index contributed by atoms with van der Waals surface area (Å²) in [6.07, 6.45) is 0.980. The van der Waals surface area contributed by atoms with Crippen molar-refractivity contribution in [2.75, 3.05) is 13.1 Å². The second-order valence-electron chi connectivity index (χ2n) is 6.75. The molecule has 0 radical (unpaired) electrons. The fourth-order valence-electron chi connectivity index (χ4n) is 3.05. The van der Waals surface area contributed by atoms with Crippen LogP contribution in [0.1, 0.15) is 33.3 Å². The van der Waals surface area contributed by atoms with Crippen LogP contribution in [0, 0.1) is 11.8 Å². The van der Waals surface area contributed by atoms with Crippen LogP contribution in [0.15, 0.2) is 30.3 Å². The topological polar surface area (TPSA) is 32.3 Å². The lowest BCUT2D eigenvalue weighted by molar-refractivity contribution is -0.139. The van der Waals surface area contributed by atoms with Crippen LogP contribution < -0.4 is 5.32 Å². The molecule has 3 nitrogen and oxygen atoms in total. The zero-order valence-electron chi connectivity index (χ0n) is 13.7. The van der Waals surface area contributed by atoms with Crippen LogP contribution in [0.25, 0.3) is 0 Å². The molecule has 1 aliphatic rings. The Labute approximate surface area is 128 Å². The Morgan fingerprint density at radius 1 is 1.24 bits per heavy atom. The predicted molar refractivity (Wildman–Crippen MR) is 87.1 cm³/mol. The van der Waals surface area contributed by atoms with E-state index in [4.69, 9.17) is 0 Å². The Morgan fingerprint density at radius 2 is 1.90 bits per heavy atom. The van der Waals surface area contributed by atoms with E-state index in [-0.39, 0.29) is 11.8 Å². The zero-order valence-corrected chi connectivity index (χ0v) is 13.7. The summed E-state index contributed by atoms with van der Waals surface area (Å²) in [4.78, 5) is 14.6. The number of rotatable bonds is 4. The lowest BCUT2D eigenvalue weighted by Crippen LogP contribution is -2.61. The van der Waals surface area contributed by atoms with Crippen molar-refractivity contribution in [3.05, 3.63) is 35.9 Å². The number of hydrogen-bond donors (Lipinski definition) is 1. The molecule has 1 aromatic carbocycles. The number of benzene rings is 1. The maximum atomic E-state index is 12.5. The lowest BCUT2D eigenvalue weighted by Gasteiger charge is -2.43. The van der Waals surface area contributed by atoms with Crippen molar-refractivity contribution >= 4 is 5.91 Å². The lowest BCUT2D eigenvalue weighted by atomic mass is 9.94. The molecule has 2 atom stereocenters. The molecule has 0 aliphatic carbocycles. The number of piperazine rings is 1. The number of nitrogens with one attached hydrogen (secondary N) is 1. The third-order valence-electron chi connectivity index (χ3n) is 4.30. The van der Waals surface area contributed by atoms with E-state index in [1.807, 2.05) is 19.9 Å². The van der Waals surface area contributed by atoms with Crippen LogP contribution in [0.4, 0.5) is 0 Å². The van der Waals surface area contributed by atoms with Gasteiger partial charge < -0.3 is 10.2 Å². The second kappa shape index (κ2) is 7.08. The highest BCUT2D eigenvalue weighted by Crippen LogP contribution is 2.19. The molecule has 1 fully saturated rings. The Bertz CT molecular complexity index is 456. The summed E-state index contributed by atoms with van der Waals surface area (Å²) in [5, 5.41) is 3.63. The van der Waals surface area contributed by atoms with Crippen molar-refractivity contribution in [1.82, 2.24) is 10.2 Å². The summed E-state index contributed by atoms with van der Waals surface area (Å²) in [5.41, 5.74) is 1.33. The van der Waals surface area contributed by atoms with Crippen molar-refractivity contribution in [1.29, 1.82) is 0 Å². The first-order valence-corrected chi connectivity index (χ1v) is 8.06. The smallest absolute Gasteiger partial charge is 0.225 e. The van der Waals surface area contributed by atoms with Gasteiger partial charge in [0.2, 0.25) is 5.91 Å². The molecular formula is C18H28N2O. The van der Waals surface area contributed by atoms with Crippen LogP contribution in [0.2, 0.25) is 0 Å². The summed E-state index contributed by atoms with van der Waals surface area (Å²) in [7, 11) is 0. The first-order chi connectivity index (χ1) is 9.99. The summed E-state index contributed by atoms with van der Waals surface area (Å²) in [6, 6.07) is 11.2. The number of nitrogens with zero attached hydrogens (tertiary/aromatic N) is 1. The Balaban J connectivity index is 2.06. The molecule has 1 N–H and O–H groups in total. The van der Waals surface area contributed by atoms with Gasteiger partial charge in [0.25, 0.3) is 0 Å². The molecule has 0 saturated carbocycles. The van der Waals surface area contributed by atoms with Gasteiger partial charge in [0.1, 0.15) is 0 Å². The van der Waals surface area contributed by atoms with E-state index in [1.54, 1.807) is 0 Å². The fourth-order valence-corrected chi connectivity index (χ4v) is 3.05. The molecule has 2 unspecified atom stereocenters. The SMILES string of the molecule is CC(C)C(=O)N1CC(Cc2ccccc2)NCC1C(C)C. The Hall–Kier alpha value is -1.35. The van der Waals surface area contributed by atoms with Gasteiger partial charge in [-0.05, 0) is 17.9 Å². The first kappa shape index (κ1) is 16.0. The Morgan fingerprint density at radius 3 is 2.48 bits per heavy atom. The molecule has 2 rings (SSSR count). The third-order valence-corrected chi connectivity index (χ3v) is 4.30. The summed E-state index contributed by atoms with van der Waals surface area (Å²) < 4.78 is 0. The average molecular weight is 288 g/mol. The maximum absolute atomic E-state index is 12.5. The minimum absolute atomic E-state index is 0.0710. The van der Waals surface area contributed by atoms with E-state index in [1.165, 1.54) is 5.56 Å². The van der Waals surface area contributed by atoms with Crippen LogP contribution in [0.3, 0.4) is 0 Å². The number of carbonyl (C=O) groups is 1. The monoisotopic (exact) mass is 288 g/mol. The highest BCUT2D eigenvalue weighted by atomic mass is 16.2. The van der Waals surface area contributed by atoms with Gasteiger partial charge in [-0.3, -0.25) is 4.79 Å². The van der Waals surface area contributed by atoms with E-state index in [0.29, 0.717) is 18.0 Å². The molecule has 3 heteroatoms. The highest BCUT2D eigenvalue weighted by molar-refractivity contribution is 5.78. The van der Waals surface area contributed by atoms with Crippen LogP contribution >= 0.6 is 0 Å². The van der Waals surface area contributed by atoms with Gasteiger partial charge in [0.15, 0.2) is 0 Å². The van der Waals surface area contributed by atoms with Crippen molar-refractivity contribution in [2.24, 2.45) is 11.8 Å². The van der Waals surface area contributed by atoms with Crippen molar-refractivity contribution in [2.45, 2.75) is 46.2 Å². The molecule has 21 heavy (non-hydrogen) atoms. The van der Waals surface area contributed by atoms with Crippen LogP contribution in [-0.4, -0.2) is 36.0 Å². The normalized spacial score (nSPS) is 22.9. The second-order valence-corrected chi connectivity index (χ2v) is 6.75. The number of amides is 1. The van der Waals surface area contributed by atoms with E-state index < -0.39 is 0 Å². The molecule has 0 spiro atoms. The van der Waals surface area contributed by atoms with Gasteiger partial charge in [-0.2, -0.15) is 0 Å². The molecular weight excluding hydrogens is 260 g/mol. The standard InChI is InChI=1S/C18H28N2O/c1-13(2)17-11-19-16(10-15-8-6-5-7-9-15)12-20(17)18(21)14(3)4/h5-9,13-14,16-17,19H,10-12H2,1-4H3. The largest absolute Gasteiger partial charge is 0.336 e. The van der Waals surface area contributed by atoms with Gasteiger partial charge in [0.05, 0.1) is 0 Å². The van der Waals surface area contributed by atoms with Gasteiger partial charge >= 0.3 is 0 Å². The van der Waals surface area contributed by atoms with Gasteiger partial charge in [-0.1, -0.05) is 58.0 Å². The minimum Gasteiger partial charge on any atom is -0.336 e. The van der Waals surface area contributed by atoms with Crippen molar-refractivity contribution in [3.63, 3.8) is 0 Å². The van der Waals surface area contributed by atoms with E-state index >= 15 is 0 Å². The van der Waals surface area contributed by atoms with E-state index in [0.717, 1.165) is 19.5 Å². The molecule has 1 aliphatic heterocycles. The number of hydrogen-bond acceptors (Lipinski definition) is 2. The minimum atomic E-state index is 0.0710. The summed E-state index contributed by atoms with van der Waals surface area (Å²) in [6.45, 7) is 10.1. The molecule has 1 saturated heterocycles. The summed E-state index contributed by atoms with van der Waals surface area (Å²) >= 11 is 0. The third kappa shape index (κ3) is 4.07. The number of carbonyl (C=O) groups excluding carboxylic acids is 1. The molecule has 116 valence electrons. The van der Waals surface area contributed by atoms with E-state index in [2.05, 4.69) is 48.3 Å². The Kier molecular flexibility index (Phi) is 5.40. The molecule has 1 amide bonds. The zero-order chi connectivity index (χ0) is 15.4. The summed E-state index contributed by atoms with van der Waals surface area (Å²) in [5.74, 6) is 0.841. The molecule has 0 bridgehead atoms. The van der Waals surface area contributed by atoms with Crippen LogP contribution in [0.5, 0.6) is 0 Å².